The van der Waals surface area contributed by atoms with Crippen LogP contribution in [0.3, 0.4) is 0 Å². The highest BCUT2D eigenvalue weighted by Crippen LogP contribution is 2.34. The van der Waals surface area contributed by atoms with E-state index in [-0.39, 0.29) is 17.9 Å². The van der Waals surface area contributed by atoms with Crippen molar-refractivity contribution in [2.45, 2.75) is 40.2 Å². The van der Waals surface area contributed by atoms with Gasteiger partial charge in [0.05, 0.1) is 18.3 Å². The summed E-state index contributed by atoms with van der Waals surface area (Å²) in [6, 6.07) is 14.7. The molecule has 168 valence electrons. The molecule has 2 aliphatic rings. The number of nitrogens with zero attached hydrogens (tertiary/aromatic N) is 4. The standard InChI is InChI=1S/C26H32N4O2/c1-18-5-8-22(9-6-18)25-16-24(23-10-7-19(2)15-20(23)3)27-30(25)26(32)17-28-11-13-29(14-12-28)21(4)31/h5-10,15,25H,11-14,16-17H2,1-4H3/t25-/m0/s1. The third-order valence-electron chi connectivity index (χ3n) is 6.50. The molecule has 4 rings (SSSR count). The van der Waals surface area contributed by atoms with E-state index in [1.165, 1.54) is 16.7 Å². The summed E-state index contributed by atoms with van der Waals surface area (Å²) in [6.45, 7) is 10.9. The van der Waals surface area contributed by atoms with Crippen LogP contribution in [0.15, 0.2) is 47.6 Å². The summed E-state index contributed by atoms with van der Waals surface area (Å²) in [5.74, 6) is 0.101. The minimum absolute atomic E-state index is 0.00612. The maximum absolute atomic E-state index is 13.4. The molecule has 2 heterocycles. The van der Waals surface area contributed by atoms with Gasteiger partial charge in [0.1, 0.15) is 0 Å². The summed E-state index contributed by atoms with van der Waals surface area (Å²) >= 11 is 0. The van der Waals surface area contributed by atoms with Crippen LogP contribution in [0.25, 0.3) is 0 Å². The highest BCUT2D eigenvalue weighted by Gasteiger charge is 2.34. The van der Waals surface area contributed by atoms with Crippen molar-refractivity contribution in [2.24, 2.45) is 5.10 Å². The quantitative estimate of drug-likeness (QED) is 0.744. The van der Waals surface area contributed by atoms with Crippen LogP contribution in [0, 0.1) is 20.8 Å². The number of benzene rings is 2. The topological polar surface area (TPSA) is 56.2 Å². The first-order valence-electron chi connectivity index (χ1n) is 11.3. The second-order valence-corrected chi connectivity index (χ2v) is 9.02. The van der Waals surface area contributed by atoms with Crippen molar-refractivity contribution >= 4 is 17.5 Å². The highest BCUT2D eigenvalue weighted by atomic mass is 16.2. The van der Waals surface area contributed by atoms with Crippen molar-refractivity contribution in [2.75, 3.05) is 32.7 Å². The van der Waals surface area contributed by atoms with Crippen LogP contribution in [0.5, 0.6) is 0 Å². The summed E-state index contributed by atoms with van der Waals surface area (Å²) in [7, 11) is 0. The number of hydrogen-bond donors (Lipinski definition) is 0. The molecule has 1 fully saturated rings. The van der Waals surface area contributed by atoms with E-state index in [1.807, 2.05) is 4.90 Å². The number of amides is 2. The zero-order chi connectivity index (χ0) is 22.8. The van der Waals surface area contributed by atoms with E-state index >= 15 is 0 Å². The molecule has 6 heteroatoms. The Labute approximate surface area is 190 Å². The van der Waals surface area contributed by atoms with Gasteiger partial charge in [-0.1, -0.05) is 53.6 Å². The van der Waals surface area contributed by atoms with Gasteiger partial charge in [0, 0.05) is 45.1 Å². The first-order valence-corrected chi connectivity index (χ1v) is 11.3. The Kier molecular flexibility index (Phi) is 6.42. The molecule has 0 unspecified atom stereocenters. The second-order valence-electron chi connectivity index (χ2n) is 9.02. The average molecular weight is 433 g/mol. The number of carbonyl (C=O) groups excluding carboxylic acids is 2. The van der Waals surface area contributed by atoms with Crippen LogP contribution in [0.4, 0.5) is 0 Å². The lowest BCUT2D eigenvalue weighted by Gasteiger charge is -2.34. The van der Waals surface area contributed by atoms with Gasteiger partial charge in [-0.3, -0.25) is 14.5 Å². The van der Waals surface area contributed by atoms with Gasteiger partial charge in [-0.25, -0.2) is 5.01 Å². The fraction of sp³-hybridized carbons (Fsp3) is 0.423. The molecule has 0 radical (unpaired) electrons. The predicted molar refractivity (Wildman–Crippen MR) is 127 cm³/mol. The number of piperazine rings is 1. The molecule has 2 aromatic carbocycles. The van der Waals surface area contributed by atoms with Gasteiger partial charge in [0.2, 0.25) is 5.91 Å². The Morgan fingerprint density at radius 3 is 2.22 bits per heavy atom. The van der Waals surface area contributed by atoms with E-state index < -0.39 is 0 Å². The largest absolute Gasteiger partial charge is 0.340 e. The lowest BCUT2D eigenvalue weighted by molar-refractivity contribution is -0.135. The number of aryl methyl sites for hydroxylation is 3. The van der Waals surface area contributed by atoms with Crippen molar-refractivity contribution in [3.05, 3.63) is 70.3 Å². The first-order chi connectivity index (χ1) is 15.3. The van der Waals surface area contributed by atoms with Gasteiger partial charge in [-0.2, -0.15) is 5.10 Å². The van der Waals surface area contributed by atoms with Crippen molar-refractivity contribution in [1.82, 2.24) is 14.8 Å². The molecular formula is C26H32N4O2. The first kappa shape index (κ1) is 22.2. The monoisotopic (exact) mass is 432 g/mol. The lowest BCUT2D eigenvalue weighted by atomic mass is 9.95. The summed E-state index contributed by atoms with van der Waals surface area (Å²) in [6.07, 6.45) is 0.705. The van der Waals surface area contributed by atoms with E-state index in [0.717, 1.165) is 16.8 Å². The van der Waals surface area contributed by atoms with Crippen molar-refractivity contribution in [1.29, 1.82) is 0 Å². The molecule has 0 spiro atoms. The Morgan fingerprint density at radius 1 is 0.938 bits per heavy atom. The van der Waals surface area contributed by atoms with Gasteiger partial charge in [-0.15, -0.1) is 0 Å². The Morgan fingerprint density at radius 2 is 1.59 bits per heavy atom. The maximum Gasteiger partial charge on any atom is 0.257 e. The van der Waals surface area contributed by atoms with Crippen molar-refractivity contribution in [3.8, 4) is 0 Å². The Hall–Kier alpha value is -2.99. The van der Waals surface area contributed by atoms with Gasteiger partial charge in [-0.05, 0) is 31.9 Å². The lowest BCUT2D eigenvalue weighted by Crippen LogP contribution is -2.50. The summed E-state index contributed by atoms with van der Waals surface area (Å²) < 4.78 is 0. The minimum atomic E-state index is -0.0997. The fourth-order valence-corrected chi connectivity index (χ4v) is 4.57. The molecule has 1 saturated heterocycles. The molecule has 0 bridgehead atoms. The van der Waals surface area contributed by atoms with Gasteiger partial charge in [0.25, 0.3) is 5.91 Å². The fourth-order valence-electron chi connectivity index (χ4n) is 4.57. The van der Waals surface area contributed by atoms with Gasteiger partial charge < -0.3 is 4.90 Å². The number of rotatable bonds is 4. The maximum atomic E-state index is 13.4. The van der Waals surface area contributed by atoms with Gasteiger partial charge in [0.15, 0.2) is 0 Å². The Balaban J connectivity index is 1.56. The highest BCUT2D eigenvalue weighted by molar-refractivity contribution is 6.04. The van der Waals surface area contributed by atoms with Crippen molar-refractivity contribution in [3.63, 3.8) is 0 Å². The van der Waals surface area contributed by atoms with E-state index in [1.54, 1.807) is 11.9 Å². The van der Waals surface area contributed by atoms with Crippen LogP contribution in [-0.2, 0) is 9.59 Å². The van der Waals surface area contributed by atoms with Crippen LogP contribution in [0.2, 0.25) is 0 Å². The van der Waals surface area contributed by atoms with Crippen LogP contribution < -0.4 is 0 Å². The van der Waals surface area contributed by atoms with Crippen LogP contribution in [0.1, 0.15) is 47.2 Å². The SMILES string of the molecule is CC(=O)N1CCN(CC(=O)N2N=C(c3ccc(C)cc3C)C[C@H]2c2ccc(C)cc2)CC1. The number of carbonyl (C=O) groups is 2. The van der Waals surface area contributed by atoms with Crippen LogP contribution >= 0.6 is 0 Å². The Bertz CT molecular complexity index is 1040. The minimum Gasteiger partial charge on any atom is -0.340 e. The molecule has 0 aromatic heterocycles. The molecule has 0 saturated carbocycles. The summed E-state index contributed by atoms with van der Waals surface area (Å²) in [5, 5.41) is 6.54. The molecule has 32 heavy (non-hydrogen) atoms. The molecule has 0 aliphatic carbocycles. The summed E-state index contributed by atoms with van der Waals surface area (Å²) in [4.78, 5) is 28.9. The number of hydrogen-bond acceptors (Lipinski definition) is 4. The average Bonchev–Trinajstić information content (AvgIpc) is 3.20. The van der Waals surface area contributed by atoms with E-state index in [4.69, 9.17) is 5.10 Å². The zero-order valence-corrected chi connectivity index (χ0v) is 19.5. The predicted octanol–water partition coefficient (Wildman–Crippen LogP) is 3.45. The van der Waals surface area contributed by atoms with E-state index in [9.17, 15) is 9.59 Å². The third kappa shape index (κ3) is 4.75. The van der Waals surface area contributed by atoms with Crippen molar-refractivity contribution < 1.29 is 9.59 Å². The number of hydrazone groups is 1. The van der Waals surface area contributed by atoms with E-state index in [2.05, 4.69) is 68.1 Å². The van der Waals surface area contributed by atoms with Gasteiger partial charge >= 0.3 is 0 Å². The molecule has 0 N–H and O–H groups in total. The molecule has 2 amide bonds. The molecule has 2 aromatic rings. The molecule has 2 aliphatic heterocycles. The van der Waals surface area contributed by atoms with Crippen LogP contribution in [-0.4, -0.2) is 65.1 Å². The normalized spacial score (nSPS) is 19.2. The molecule has 6 nitrogen and oxygen atoms in total. The van der Waals surface area contributed by atoms with E-state index in [0.29, 0.717) is 39.1 Å². The smallest absolute Gasteiger partial charge is 0.257 e. The second kappa shape index (κ2) is 9.25. The molecule has 1 atom stereocenters. The summed E-state index contributed by atoms with van der Waals surface area (Å²) in [5.41, 5.74) is 6.77. The third-order valence-corrected chi connectivity index (χ3v) is 6.50. The zero-order valence-electron chi connectivity index (χ0n) is 19.5. The molecular weight excluding hydrogens is 400 g/mol.